The average Bonchev–Trinajstić information content (AvgIpc) is 3.50. The molecule has 38 heavy (non-hydrogen) atoms. The van der Waals surface area contributed by atoms with Crippen molar-refractivity contribution in [1.29, 1.82) is 0 Å². The van der Waals surface area contributed by atoms with E-state index in [1.165, 1.54) is 0 Å². The van der Waals surface area contributed by atoms with E-state index < -0.39 is 61.8 Å². The molecule has 2 aromatic carbocycles. The summed E-state index contributed by atoms with van der Waals surface area (Å²) in [6.07, 6.45) is -7.42. The van der Waals surface area contributed by atoms with Crippen LogP contribution in [0.3, 0.4) is 0 Å². The second-order valence-electron chi connectivity index (χ2n) is 8.98. The highest BCUT2D eigenvalue weighted by atomic mass is 16.7. The van der Waals surface area contributed by atoms with Crippen molar-refractivity contribution in [2.24, 2.45) is 0 Å². The first kappa shape index (κ1) is 24.3. The monoisotopic (exact) mass is 530 g/mol. The van der Waals surface area contributed by atoms with Crippen LogP contribution in [0.25, 0.3) is 5.57 Å². The van der Waals surface area contributed by atoms with Crippen LogP contribution in [0.1, 0.15) is 23.7 Å². The van der Waals surface area contributed by atoms with Crippen LogP contribution in [-0.4, -0.2) is 76.5 Å². The van der Waals surface area contributed by atoms with Crippen LogP contribution in [0, 0.1) is 0 Å². The number of rotatable bonds is 6. The highest BCUT2D eigenvalue weighted by Gasteiger charge is 2.46. The Labute approximate surface area is 214 Å². The van der Waals surface area contributed by atoms with E-state index in [9.17, 15) is 24.9 Å². The summed E-state index contributed by atoms with van der Waals surface area (Å²) in [5.74, 6) is 0.0559. The lowest BCUT2D eigenvalue weighted by Crippen LogP contribution is -2.60. The van der Waals surface area contributed by atoms with Gasteiger partial charge < -0.3 is 53.6 Å². The van der Waals surface area contributed by atoms with Crippen LogP contribution in [0.15, 0.2) is 36.6 Å². The molecule has 6 unspecified atom stereocenters. The summed E-state index contributed by atoms with van der Waals surface area (Å²) in [4.78, 5) is 22.2. The van der Waals surface area contributed by atoms with Crippen molar-refractivity contribution in [3.05, 3.63) is 47.7 Å². The van der Waals surface area contributed by atoms with Crippen LogP contribution in [0.4, 0.5) is 0 Å². The molecule has 0 aromatic heterocycles. The number of ether oxygens (including phenoxy) is 7. The minimum atomic E-state index is -1.68. The Morgan fingerprint density at radius 2 is 1.74 bits per heavy atom. The van der Waals surface area contributed by atoms with Crippen LogP contribution < -0.4 is 23.7 Å². The number of aliphatic carboxylic acids is 1. The zero-order chi connectivity index (χ0) is 26.6. The first-order valence-electron chi connectivity index (χ1n) is 11.6. The first-order valence-corrected chi connectivity index (χ1v) is 11.6. The number of aliphatic hydroxyl groups is 3. The zero-order valence-electron chi connectivity index (χ0n) is 19.5. The number of carboxylic acids is 1. The van der Waals surface area contributed by atoms with Gasteiger partial charge in [-0.3, -0.25) is 9.59 Å². The van der Waals surface area contributed by atoms with Crippen molar-refractivity contribution in [3.63, 3.8) is 0 Å². The number of carbonyl (C=O) groups excluding carboxylic acids is 1. The van der Waals surface area contributed by atoms with Gasteiger partial charge in [0.05, 0.1) is 6.26 Å². The van der Waals surface area contributed by atoms with E-state index >= 15 is 0 Å². The molecule has 1 saturated heterocycles. The van der Waals surface area contributed by atoms with Gasteiger partial charge in [0.25, 0.3) is 0 Å². The number of hydrogen-bond donors (Lipinski definition) is 4. The van der Waals surface area contributed by atoms with E-state index in [0.717, 1.165) is 16.7 Å². The highest BCUT2D eigenvalue weighted by Crippen LogP contribution is 2.53. The van der Waals surface area contributed by atoms with Gasteiger partial charge in [-0.15, -0.1) is 0 Å². The zero-order valence-corrected chi connectivity index (χ0v) is 19.5. The van der Waals surface area contributed by atoms with Crippen LogP contribution >= 0.6 is 0 Å². The largest absolute Gasteiger partial charge is 0.481 e. The summed E-state index contributed by atoms with van der Waals surface area (Å²) >= 11 is 0. The molecule has 6 atom stereocenters. The number of benzene rings is 2. The van der Waals surface area contributed by atoms with Gasteiger partial charge in [-0.25, -0.2) is 0 Å². The molecule has 4 heterocycles. The normalized spacial score (nSPS) is 28.1. The Hall–Kier alpha value is -4.04. The molecule has 0 spiro atoms. The molecule has 1 fully saturated rings. The molecular weight excluding hydrogens is 508 g/mol. The molecule has 0 bridgehead atoms. The predicted molar refractivity (Wildman–Crippen MR) is 122 cm³/mol. The molecule has 6 rings (SSSR count). The fraction of sp³-hybridized carbons (Fsp3) is 0.360. The van der Waals surface area contributed by atoms with E-state index in [4.69, 9.17) is 38.3 Å². The Morgan fingerprint density at radius 1 is 0.947 bits per heavy atom. The Bertz CT molecular complexity index is 1320. The Kier molecular flexibility index (Phi) is 5.99. The van der Waals surface area contributed by atoms with E-state index in [1.807, 2.05) is 6.07 Å². The van der Waals surface area contributed by atoms with Gasteiger partial charge in [0.2, 0.25) is 13.1 Å². The third kappa shape index (κ3) is 4.24. The van der Waals surface area contributed by atoms with E-state index in [2.05, 4.69) is 0 Å². The fourth-order valence-corrected chi connectivity index (χ4v) is 4.60. The first-order chi connectivity index (χ1) is 18.3. The summed E-state index contributed by atoms with van der Waals surface area (Å²) in [6, 6.07) is 8.48. The Morgan fingerprint density at radius 3 is 2.53 bits per heavy atom. The summed E-state index contributed by atoms with van der Waals surface area (Å²) in [7, 11) is 0. The molecule has 4 aliphatic heterocycles. The van der Waals surface area contributed by atoms with Gasteiger partial charge in [-0.05, 0) is 18.2 Å². The van der Waals surface area contributed by atoms with Crippen LogP contribution in [-0.2, 0) is 19.1 Å². The van der Waals surface area contributed by atoms with Crippen molar-refractivity contribution in [2.45, 2.75) is 43.2 Å². The van der Waals surface area contributed by atoms with E-state index in [1.54, 1.807) is 30.5 Å². The van der Waals surface area contributed by atoms with Crippen LogP contribution in [0.2, 0.25) is 0 Å². The van der Waals surface area contributed by atoms with Crippen molar-refractivity contribution in [3.8, 4) is 28.7 Å². The third-order valence-corrected chi connectivity index (χ3v) is 6.52. The lowest BCUT2D eigenvalue weighted by Gasteiger charge is -2.40. The third-order valence-electron chi connectivity index (χ3n) is 6.52. The lowest BCUT2D eigenvalue weighted by atomic mass is 9.96. The Balaban J connectivity index is 1.16. The van der Waals surface area contributed by atoms with Gasteiger partial charge in [0.15, 0.2) is 17.6 Å². The van der Waals surface area contributed by atoms with Crippen LogP contribution in [0.5, 0.6) is 28.7 Å². The minimum Gasteiger partial charge on any atom is -0.481 e. The fourth-order valence-electron chi connectivity index (χ4n) is 4.60. The summed E-state index contributed by atoms with van der Waals surface area (Å²) < 4.78 is 38.9. The molecule has 2 aromatic rings. The van der Waals surface area contributed by atoms with E-state index in [0.29, 0.717) is 23.0 Å². The molecular formula is C25H22O13. The number of carboxylic acid groups (broad SMARTS) is 1. The van der Waals surface area contributed by atoms with Gasteiger partial charge in [0, 0.05) is 28.8 Å². The maximum absolute atomic E-state index is 11.5. The molecule has 0 saturated carbocycles. The smallest absolute Gasteiger partial charge is 0.317 e. The number of hydrogen-bond acceptors (Lipinski definition) is 12. The lowest BCUT2D eigenvalue weighted by molar-refractivity contribution is -0.278. The number of carbonyl (C=O) groups is 2. The van der Waals surface area contributed by atoms with Crippen molar-refractivity contribution >= 4 is 17.5 Å². The highest BCUT2D eigenvalue weighted by molar-refractivity contribution is 5.90. The van der Waals surface area contributed by atoms with Crippen molar-refractivity contribution in [1.82, 2.24) is 0 Å². The van der Waals surface area contributed by atoms with Gasteiger partial charge in [-0.1, -0.05) is 0 Å². The quantitative estimate of drug-likeness (QED) is 0.300. The number of aliphatic hydroxyl groups excluding tert-OH is 3. The van der Waals surface area contributed by atoms with Crippen molar-refractivity contribution in [2.75, 3.05) is 13.4 Å². The second kappa shape index (κ2) is 9.36. The molecule has 13 heteroatoms. The van der Waals surface area contributed by atoms with Gasteiger partial charge in [-0.2, -0.15) is 0 Å². The summed E-state index contributed by atoms with van der Waals surface area (Å²) in [5, 5.41) is 39.5. The maximum atomic E-state index is 11.5. The van der Waals surface area contributed by atoms with Gasteiger partial charge >= 0.3 is 11.9 Å². The molecule has 0 amide bonds. The molecule has 200 valence electrons. The SMILES string of the molecule is O=C(O)CC(=O)OCC1OC(Oc2ccc3c(c2)OC=C2c4cc5c(cc4OC23)OCO5)C(O)C(O)C1O. The second-order valence-corrected chi connectivity index (χ2v) is 8.98. The summed E-state index contributed by atoms with van der Waals surface area (Å²) in [6.45, 7) is -0.411. The van der Waals surface area contributed by atoms with Crippen molar-refractivity contribution < 1.29 is 63.2 Å². The number of fused-ring (bicyclic) bond motifs is 6. The molecule has 4 N–H and O–H groups in total. The average molecular weight is 530 g/mol. The molecule has 4 aliphatic rings. The predicted octanol–water partition coefficient (Wildman–Crippen LogP) is 0.487. The maximum Gasteiger partial charge on any atom is 0.317 e. The standard InChI is InChI=1S/C25H22O13/c26-19(27)6-20(28)33-8-18-21(29)22(30)23(31)25(38-18)36-10-1-2-11-14(3-10)32-7-13-12-4-16-17(35-9-34-16)5-15(12)37-24(11)13/h1-5,7,18,21-25,29-31H,6,8-9H2,(H,26,27). The topological polar surface area (TPSA) is 180 Å². The molecule has 0 aliphatic carbocycles. The number of esters is 1. The molecule has 0 radical (unpaired) electrons. The minimum absolute atomic E-state index is 0.148. The van der Waals surface area contributed by atoms with E-state index in [-0.39, 0.29) is 12.5 Å². The summed E-state index contributed by atoms with van der Waals surface area (Å²) in [5.41, 5.74) is 2.35. The van der Waals surface area contributed by atoms with Gasteiger partial charge in [0.1, 0.15) is 54.7 Å². The molecule has 13 nitrogen and oxygen atoms in total.